The Hall–Kier alpha value is -2.15. The number of nitrogens with zero attached hydrogens (tertiary/aromatic N) is 4. The summed E-state index contributed by atoms with van der Waals surface area (Å²) in [5.74, 6) is 0.572. The number of fused-ring (bicyclic) bond motifs is 1. The Morgan fingerprint density at radius 2 is 2.20 bits per heavy atom. The second-order valence-corrected chi connectivity index (χ2v) is 5.01. The van der Waals surface area contributed by atoms with E-state index in [1.807, 2.05) is 41.5 Å². The summed E-state index contributed by atoms with van der Waals surface area (Å²) < 4.78 is 9.62. The predicted molar refractivity (Wildman–Crippen MR) is 78.5 cm³/mol. The Kier molecular flexibility index (Phi) is 3.06. The second-order valence-electron chi connectivity index (χ2n) is 4.62. The van der Waals surface area contributed by atoms with Gasteiger partial charge in [-0.15, -0.1) is 0 Å². The minimum Gasteiger partial charge on any atom is -0.481 e. The SMILES string of the molecule is COc1ccc2[nH]c(=S)n(Cc3cnn(C)c3C)c2n1. The van der Waals surface area contributed by atoms with Gasteiger partial charge in [0.25, 0.3) is 0 Å². The lowest BCUT2D eigenvalue weighted by Crippen LogP contribution is -2.03. The van der Waals surface area contributed by atoms with Crippen molar-refractivity contribution in [3.05, 3.63) is 34.4 Å². The fraction of sp³-hybridized carbons (Fsp3) is 0.308. The van der Waals surface area contributed by atoms with Crippen molar-refractivity contribution in [1.82, 2.24) is 24.3 Å². The third-order valence-electron chi connectivity index (χ3n) is 3.47. The first-order valence-corrected chi connectivity index (χ1v) is 6.62. The molecular formula is C13H15N5OS. The van der Waals surface area contributed by atoms with Crippen LogP contribution in [0.3, 0.4) is 0 Å². The molecule has 0 fully saturated rings. The van der Waals surface area contributed by atoms with Crippen molar-refractivity contribution < 1.29 is 4.74 Å². The molecule has 0 aliphatic heterocycles. The summed E-state index contributed by atoms with van der Waals surface area (Å²) in [6.07, 6.45) is 1.86. The summed E-state index contributed by atoms with van der Waals surface area (Å²) in [6.45, 7) is 2.67. The highest BCUT2D eigenvalue weighted by molar-refractivity contribution is 7.71. The molecule has 0 saturated heterocycles. The fourth-order valence-electron chi connectivity index (χ4n) is 2.14. The maximum Gasteiger partial charge on any atom is 0.215 e. The monoisotopic (exact) mass is 289 g/mol. The molecule has 3 heterocycles. The molecule has 0 atom stereocenters. The van der Waals surface area contributed by atoms with Crippen LogP contribution in [0.1, 0.15) is 11.3 Å². The van der Waals surface area contributed by atoms with Crippen LogP contribution in [0.4, 0.5) is 0 Å². The average Bonchev–Trinajstić information content (AvgIpc) is 2.93. The zero-order valence-electron chi connectivity index (χ0n) is 11.5. The lowest BCUT2D eigenvalue weighted by atomic mass is 10.2. The predicted octanol–water partition coefficient (Wildman–Crippen LogP) is 2.19. The van der Waals surface area contributed by atoms with Crippen LogP contribution >= 0.6 is 12.2 Å². The first-order chi connectivity index (χ1) is 9.60. The summed E-state index contributed by atoms with van der Waals surface area (Å²) in [6, 6.07) is 3.73. The van der Waals surface area contributed by atoms with Crippen LogP contribution in [-0.2, 0) is 13.6 Å². The van der Waals surface area contributed by atoms with Gasteiger partial charge < -0.3 is 9.72 Å². The van der Waals surface area contributed by atoms with E-state index in [1.54, 1.807) is 7.11 Å². The molecule has 6 nitrogen and oxygen atoms in total. The minimum absolute atomic E-state index is 0.572. The molecule has 20 heavy (non-hydrogen) atoms. The maximum absolute atomic E-state index is 5.38. The third-order valence-corrected chi connectivity index (χ3v) is 3.79. The molecule has 0 spiro atoms. The number of H-pyrrole nitrogens is 1. The number of nitrogens with one attached hydrogen (secondary N) is 1. The quantitative estimate of drug-likeness (QED) is 0.751. The summed E-state index contributed by atoms with van der Waals surface area (Å²) in [5, 5.41) is 4.25. The van der Waals surface area contributed by atoms with Gasteiger partial charge in [0.15, 0.2) is 10.4 Å². The third kappa shape index (κ3) is 2.00. The second kappa shape index (κ2) is 4.75. The van der Waals surface area contributed by atoms with Gasteiger partial charge in [0.05, 0.1) is 25.4 Å². The van der Waals surface area contributed by atoms with E-state index in [4.69, 9.17) is 17.0 Å². The Bertz CT molecular complexity index is 829. The minimum atomic E-state index is 0.572. The molecule has 0 aliphatic carbocycles. The molecule has 0 radical (unpaired) electrons. The van der Waals surface area contributed by atoms with Gasteiger partial charge in [0.2, 0.25) is 5.88 Å². The van der Waals surface area contributed by atoms with Crippen molar-refractivity contribution in [3.63, 3.8) is 0 Å². The normalized spacial score (nSPS) is 11.2. The zero-order valence-corrected chi connectivity index (χ0v) is 12.4. The molecule has 0 saturated carbocycles. The summed E-state index contributed by atoms with van der Waals surface area (Å²) in [7, 11) is 3.53. The van der Waals surface area contributed by atoms with Gasteiger partial charge in [-0.25, -0.2) is 0 Å². The number of aryl methyl sites for hydroxylation is 1. The number of pyridine rings is 1. The van der Waals surface area contributed by atoms with Crippen LogP contribution in [0, 0.1) is 11.7 Å². The highest BCUT2D eigenvalue weighted by Gasteiger charge is 2.11. The molecule has 0 aliphatic rings. The van der Waals surface area contributed by atoms with Crippen molar-refractivity contribution in [2.75, 3.05) is 7.11 Å². The number of aromatic amines is 1. The molecule has 0 amide bonds. The number of aromatic nitrogens is 5. The molecule has 7 heteroatoms. The number of ether oxygens (including phenoxy) is 1. The highest BCUT2D eigenvalue weighted by Crippen LogP contribution is 2.18. The van der Waals surface area contributed by atoms with Crippen LogP contribution in [-0.4, -0.2) is 31.4 Å². The summed E-state index contributed by atoms with van der Waals surface area (Å²) >= 11 is 5.38. The van der Waals surface area contributed by atoms with Crippen LogP contribution in [0.25, 0.3) is 11.2 Å². The highest BCUT2D eigenvalue weighted by atomic mass is 32.1. The topological polar surface area (TPSA) is 60.7 Å². The van der Waals surface area contributed by atoms with E-state index >= 15 is 0 Å². The van der Waals surface area contributed by atoms with Crippen molar-refractivity contribution in [1.29, 1.82) is 0 Å². The van der Waals surface area contributed by atoms with Crippen LogP contribution in [0.5, 0.6) is 5.88 Å². The molecule has 1 N–H and O–H groups in total. The molecular weight excluding hydrogens is 274 g/mol. The Morgan fingerprint density at radius 3 is 2.85 bits per heavy atom. The molecule has 3 aromatic rings. The van der Waals surface area contributed by atoms with Gasteiger partial charge in [-0.3, -0.25) is 9.25 Å². The van der Waals surface area contributed by atoms with Gasteiger partial charge in [0.1, 0.15) is 0 Å². The molecule has 3 aromatic heterocycles. The maximum atomic E-state index is 5.38. The Morgan fingerprint density at radius 1 is 1.40 bits per heavy atom. The van der Waals surface area contributed by atoms with Gasteiger partial charge in [0, 0.05) is 24.4 Å². The lowest BCUT2D eigenvalue weighted by Gasteiger charge is -2.05. The average molecular weight is 289 g/mol. The van der Waals surface area contributed by atoms with E-state index in [0.29, 0.717) is 17.2 Å². The zero-order chi connectivity index (χ0) is 14.3. The Labute approximate surface area is 121 Å². The van der Waals surface area contributed by atoms with Crippen molar-refractivity contribution in [3.8, 4) is 5.88 Å². The van der Waals surface area contributed by atoms with Gasteiger partial charge >= 0.3 is 0 Å². The van der Waals surface area contributed by atoms with E-state index < -0.39 is 0 Å². The van der Waals surface area contributed by atoms with E-state index in [9.17, 15) is 0 Å². The number of hydrogen-bond acceptors (Lipinski definition) is 4. The lowest BCUT2D eigenvalue weighted by molar-refractivity contribution is 0.399. The Balaban J connectivity index is 2.13. The standard InChI is InChI=1S/C13H15N5OS/c1-8-9(6-14-17(8)2)7-18-12-10(15-13(18)20)4-5-11(16-12)19-3/h4-6H,7H2,1-3H3,(H,15,20). The van der Waals surface area contributed by atoms with E-state index in [-0.39, 0.29) is 0 Å². The van der Waals surface area contributed by atoms with Gasteiger partial charge in [-0.2, -0.15) is 10.1 Å². The number of hydrogen-bond donors (Lipinski definition) is 1. The van der Waals surface area contributed by atoms with Crippen LogP contribution in [0.2, 0.25) is 0 Å². The van der Waals surface area contributed by atoms with Gasteiger partial charge in [-0.05, 0) is 25.2 Å². The first-order valence-electron chi connectivity index (χ1n) is 6.21. The van der Waals surface area contributed by atoms with Crippen LogP contribution in [0.15, 0.2) is 18.3 Å². The first kappa shape index (κ1) is 12.9. The number of rotatable bonds is 3. The molecule has 104 valence electrons. The van der Waals surface area contributed by atoms with Crippen LogP contribution < -0.4 is 4.74 Å². The molecule has 0 aromatic carbocycles. The van der Waals surface area contributed by atoms with E-state index in [0.717, 1.165) is 22.4 Å². The van der Waals surface area contributed by atoms with E-state index in [1.165, 1.54) is 0 Å². The number of imidazole rings is 1. The van der Waals surface area contributed by atoms with Crippen molar-refractivity contribution in [2.24, 2.45) is 7.05 Å². The van der Waals surface area contributed by atoms with Crippen molar-refractivity contribution >= 4 is 23.4 Å². The van der Waals surface area contributed by atoms with Gasteiger partial charge in [-0.1, -0.05) is 0 Å². The molecule has 3 rings (SSSR count). The smallest absolute Gasteiger partial charge is 0.215 e. The summed E-state index contributed by atoms with van der Waals surface area (Å²) in [5.41, 5.74) is 3.92. The summed E-state index contributed by atoms with van der Waals surface area (Å²) in [4.78, 5) is 7.62. The molecule has 0 bridgehead atoms. The fourth-order valence-corrected chi connectivity index (χ4v) is 2.40. The number of methoxy groups -OCH3 is 1. The van der Waals surface area contributed by atoms with E-state index in [2.05, 4.69) is 15.1 Å². The van der Waals surface area contributed by atoms with Crippen molar-refractivity contribution in [2.45, 2.75) is 13.5 Å². The molecule has 0 unspecified atom stereocenters. The largest absolute Gasteiger partial charge is 0.481 e.